The zero-order valence-electron chi connectivity index (χ0n) is 15.1. The maximum Gasteiger partial charge on any atom is 0.307 e. The van der Waals surface area contributed by atoms with Crippen molar-refractivity contribution >= 4 is 24.2 Å². The van der Waals surface area contributed by atoms with E-state index in [0.717, 1.165) is 5.56 Å². The third kappa shape index (κ3) is 3.89. The Hall–Kier alpha value is -1.18. The minimum Gasteiger partial charge on any atom is -0.461 e. The number of carbonyl (C=O) groups is 1. The van der Waals surface area contributed by atoms with Gasteiger partial charge in [-0.15, -0.1) is 0 Å². The molecule has 1 saturated heterocycles. The molecular weight excluding hydrogens is 342 g/mol. The number of esters is 1. The predicted octanol–water partition coefficient (Wildman–Crippen LogP) is 3.14. The lowest BCUT2D eigenvalue weighted by atomic mass is 10.2. The lowest BCUT2D eigenvalue weighted by Crippen LogP contribution is -2.70. The molecule has 0 amide bonds. The largest absolute Gasteiger partial charge is 0.461 e. The van der Waals surface area contributed by atoms with Gasteiger partial charge >= 0.3 is 5.97 Å². The molecule has 1 atom stereocenters. The Morgan fingerprint density at radius 3 is 2.33 bits per heavy atom. The van der Waals surface area contributed by atoms with E-state index in [1.165, 1.54) is 0 Å². The highest BCUT2D eigenvalue weighted by Gasteiger charge is 2.56. The minimum absolute atomic E-state index is 0.0416. The summed E-state index contributed by atoms with van der Waals surface area (Å²) in [5, 5.41) is -0.104. The molecule has 1 aromatic rings. The summed E-state index contributed by atoms with van der Waals surface area (Å²) >= 11 is 0. The van der Waals surface area contributed by atoms with Crippen LogP contribution in [0, 0.1) is 0 Å². The molecule has 1 aliphatic rings. The maximum absolute atomic E-state index is 12.3. The quantitative estimate of drug-likeness (QED) is 0.591. The predicted molar refractivity (Wildman–Crippen MR) is 97.5 cm³/mol. The number of carbonyl (C=O) groups excluding carboxylic acids is 1. The Labute approximate surface area is 146 Å². The summed E-state index contributed by atoms with van der Waals surface area (Å²) < 4.78 is 31.5. The Morgan fingerprint density at radius 1 is 1.25 bits per heavy atom. The van der Waals surface area contributed by atoms with Crippen molar-refractivity contribution in [3.05, 3.63) is 35.9 Å². The molecule has 7 heteroatoms. The van der Waals surface area contributed by atoms with Crippen LogP contribution in [0.5, 0.6) is 0 Å². The van der Waals surface area contributed by atoms with Crippen LogP contribution in [0.25, 0.3) is 0 Å². The van der Waals surface area contributed by atoms with Crippen molar-refractivity contribution in [1.82, 2.24) is 3.97 Å². The van der Waals surface area contributed by atoms with Crippen LogP contribution in [0.3, 0.4) is 0 Å². The first-order valence-electron chi connectivity index (χ1n) is 8.17. The summed E-state index contributed by atoms with van der Waals surface area (Å²) in [5.41, 5.74) is 0.924. The fraction of sp³-hybridized carbons (Fsp3) is 0.588. The van der Waals surface area contributed by atoms with Crippen molar-refractivity contribution in [3.8, 4) is 0 Å². The molecule has 0 saturated carbocycles. The monoisotopic (exact) mass is 369 g/mol. The smallest absolute Gasteiger partial charge is 0.307 e. The van der Waals surface area contributed by atoms with Gasteiger partial charge in [0.15, 0.2) is 0 Å². The molecule has 5 nitrogen and oxygen atoms in total. The van der Waals surface area contributed by atoms with Crippen LogP contribution in [0.15, 0.2) is 30.3 Å². The van der Waals surface area contributed by atoms with Gasteiger partial charge in [0.1, 0.15) is 14.8 Å². The molecule has 1 unspecified atom stereocenters. The fourth-order valence-electron chi connectivity index (χ4n) is 2.80. The number of nitrogens with zero attached hydrogens (tertiary/aromatic N) is 1. The second kappa shape index (κ2) is 6.61. The van der Waals surface area contributed by atoms with Gasteiger partial charge in [0.2, 0.25) is 10.0 Å². The Morgan fingerprint density at radius 2 is 1.83 bits per heavy atom. The van der Waals surface area contributed by atoms with Gasteiger partial charge in [-0.05, 0) is 10.6 Å². The van der Waals surface area contributed by atoms with Gasteiger partial charge in [-0.1, -0.05) is 64.2 Å². The summed E-state index contributed by atoms with van der Waals surface area (Å²) in [6, 6.07) is 9.20. The number of hydrogen-bond donors (Lipinski definition) is 0. The molecule has 0 bridgehead atoms. The van der Waals surface area contributed by atoms with E-state index in [-0.39, 0.29) is 35.8 Å². The number of sulfonamides is 1. The van der Waals surface area contributed by atoms with E-state index >= 15 is 0 Å². The van der Waals surface area contributed by atoms with Crippen molar-refractivity contribution in [1.29, 1.82) is 0 Å². The summed E-state index contributed by atoms with van der Waals surface area (Å²) in [6.45, 7) is 10.5. The molecule has 0 aliphatic carbocycles. The molecule has 1 heterocycles. The van der Waals surface area contributed by atoms with E-state index in [0.29, 0.717) is 0 Å². The van der Waals surface area contributed by atoms with Crippen LogP contribution >= 0.6 is 0 Å². The highest BCUT2D eigenvalue weighted by molar-refractivity contribution is 7.91. The van der Waals surface area contributed by atoms with Gasteiger partial charge < -0.3 is 4.74 Å². The summed E-state index contributed by atoms with van der Waals surface area (Å²) in [7, 11) is -5.47. The average Bonchev–Trinajstić information content (AvgIpc) is 2.43. The van der Waals surface area contributed by atoms with Crippen molar-refractivity contribution in [2.24, 2.45) is 0 Å². The summed E-state index contributed by atoms with van der Waals surface area (Å²) in [5.74, 6) is -0.303. The van der Waals surface area contributed by atoms with Gasteiger partial charge in [-0.3, -0.25) is 4.79 Å². The first-order valence-corrected chi connectivity index (χ1v) is 12.7. The van der Waals surface area contributed by atoms with Crippen LogP contribution < -0.4 is 0 Å². The molecular formula is C17H27NO4SSi. The summed E-state index contributed by atoms with van der Waals surface area (Å²) in [6.07, 6.45) is 0.124. The maximum atomic E-state index is 12.3. The normalized spacial score (nSPS) is 21.1. The van der Waals surface area contributed by atoms with Crippen molar-refractivity contribution < 1.29 is 17.9 Å². The number of hydrogen-bond acceptors (Lipinski definition) is 4. The third-order valence-electron chi connectivity index (χ3n) is 5.07. The third-order valence-corrected chi connectivity index (χ3v) is 14.1. The van der Waals surface area contributed by atoms with Crippen LogP contribution in [-0.4, -0.2) is 38.4 Å². The molecule has 1 aliphatic heterocycles. The average molecular weight is 370 g/mol. The van der Waals surface area contributed by atoms with E-state index in [9.17, 15) is 13.2 Å². The lowest BCUT2D eigenvalue weighted by Gasteiger charge is -2.53. The van der Waals surface area contributed by atoms with Crippen molar-refractivity contribution in [2.45, 2.75) is 58.0 Å². The van der Waals surface area contributed by atoms with Crippen LogP contribution in [-0.2, 0) is 26.2 Å². The molecule has 0 N–H and O–H groups in total. The van der Waals surface area contributed by atoms with Crippen molar-refractivity contribution in [2.75, 3.05) is 5.75 Å². The van der Waals surface area contributed by atoms with Gasteiger partial charge in [-0.2, -0.15) is 0 Å². The lowest BCUT2D eigenvalue weighted by molar-refractivity contribution is -0.145. The summed E-state index contributed by atoms with van der Waals surface area (Å²) in [4.78, 5) is 12.1. The molecule has 1 fully saturated rings. The van der Waals surface area contributed by atoms with E-state index in [2.05, 4.69) is 20.8 Å². The SMILES string of the molecule is CC(C)(C)[Si](C)(C)N1C(CC(=O)OCc2ccccc2)CS1(=O)=O. The first kappa shape index (κ1) is 19.1. The highest BCUT2D eigenvalue weighted by atomic mass is 32.2. The highest BCUT2D eigenvalue weighted by Crippen LogP contribution is 2.44. The van der Waals surface area contributed by atoms with Gasteiger partial charge in [-0.25, -0.2) is 12.4 Å². The van der Waals surface area contributed by atoms with E-state index in [1.807, 2.05) is 43.4 Å². The number of benzene rings is 1. The van der Waals surface area contributed by atoms with Crippen LogP contribution in [0.4, 0.5) is 0 Å². The molecule has 24 heavy (non-hydrogen) atoms. The fourth-order valence-corrected chi connectivity index (χ4v) is 9.77. The van der Waals surface area contributed by atoms with Gasteiger partial charge in [0.05, 0.1) is 12.2 Å². The van der Waals surface area contributed by atoms with Crippen LogP contribution in [0.2, 0.25) is 18.1 Å². The zero-order chi connectivity index (χ0) is 18.2. The number of ether oxygens (including phenoxy) is 1. The standard InChI is InChI=1S/C17H27NO4SSi/c1-17(2,3)24(4,5)18-15(13-23(18,20)21)11-16(19)22-12-14-9-7-6-8-10-14/h6-10,15H,11-13H2,1-5H3. The molecule has 134 valence electrons. The van der Waals surface area contributed by atoms with E-state index < -0.39 is 18.3 Å². The van der Waals surface area contributed by atoms with E-state index in [4.69, 9.17) is 4.74 Å². The molecule has 0 aromatic heterocycles. The molecule has 0 radical (unpaired) electrons. The van der Waals surface area contributed by atoms with E-state index in [1.54, 1.807) is 3.97 Å². The Balaban J connectivity index is 2.00. The van der Waals surface area contributed by atoms with Gasteiger partial charge in [0.25, 0.3) is 0 Å². The number of rotatable bonds is 5. The zero-order valence-corrected chi connectivity index (χ0v) is 16.9. The minimum atomic E-state index is -3.24. The first-order chi connectivity index (χ1) is 10.9. The van der Waals surface area contributed by atoms with Gasteiger partial charge in [0, 0.05) is 6.04 Å². The van der Waals surface area contributed by atoms with Crippen molar-refractivity contribution in [3.63, 3.8) is 0 Å². The van der Waals surface area contributed by atoms with Crippen LogP contribution in [0.1, 0.15) is 32.8 Å². The second-order valence-electron chi connectivity index (χ2n) is 7.89. The second-order valence-corrected chi connectivity index (χ2v) is 15.2. The molecule has 0 spiro atoms. The molecule has 1 aromatic carbocycles. The Bertz CT molecular complexity index is 695. The topological polar surface area (TPSA) is 63.7 Å². The molecule has 2 rings (SSSR count). The Kier molecular flexibility index (Phi) is 5.27.